The third-order valence-corrected chi connectivity index (χ3v) is 10.2. The molecule has 2 aliphatic carbocycles. The van der Waals surface area contributed by atoms with E-state index in [0.29, 0.717) is 24.0 Å². The van der Waals surface area contributed by atoms with E-state index in [2.05, 4.69) is 49.5 Å². The molecule has 6 rings (SSSR count). The molecule has 216 valence electrons. The van der Waals surface area contributed by atoms with Crippen molar-refractivity contribution in [3.63, 3.8) is 0 Å². The minimum Gasteiger partial charge on any atom is -0.371 e. The number of hydrogen-bond donors (Lipinski definition) is 0. The van der Waals surface area contributed by atoms with Gasteiger partial charge in [0.25, 0.3) is 0 Å². The minimum atomic E-state index is -0.189. The average molecular weight is 651 g/mol. The quantitative estimate of drug-likeness (QED) is 0.182. The van der Waals surface area contributed by atoms with Crippen LogP contribution in [0.25, 0.3) is 9.69 Å². The van der Waals surface area contributed by atoms with Crippen molar-refractivity contribution in [2.24, 2.45) is 11.8 Å². The van der Waals surface area contributed by atoms with Crippen molar-refractivity contribution in [1.82, 2.24) is 0 Å². The fourth-order valence-electron chi connectivity index (χ4n) is 7.71. The molecule has 4 fully saturated rings. The molecule has 0 saturated carbocycles. The smallest absolute Gasteiger partial charge is 0.223 e. The Labute approximate surface area is 252 Å². The molecule has 0 N–H and O–H groups in total. The highest BCUT2D eigenvalue weighted by atomic mass is 127. The largest absolute Gasteiger partial charge is 0.371 e. The van der Waals surface area contributed by atoms with E-state index in [4.69, 9.17) is 32.1 Å². The molecular weight excluding hydrogens is 603 g/mol. The molecular formula is C32H47IN2O4. The molecule has 39 heavy (non-hydrogen) atoms. The normalized spacial score (nSPS) is 44.9. The van der Waals surface area contributed by atoms with Gasteiger partial charge in [-0.2, -0.15) is 0 Å². The fourth-order valence-corrected chi connectivity index (χ4v) is 7.71. The number of rotatable bonds is 4. The Hall–Kier alpha value is -0.970. The van der Waals surface area contributed by atoms with Crippen molar-refractivity contribution in [2.75, 3.05) is 0 Å². The van der Waals surface area contributed by atoms with Crippen LogP contribution in [0.1, 0.15) is 92.9 Å². The zero-order valence-electron chi connectivity index (χ0n) is 24.5. The van der Waals surface area contributed by atoms with E-state index < -0.39 is 0 Å². The number of nitrogens with zero attached hydrogens (tertiary/aromatic N) is 2. The molecule has 4 saturated heterocycles. The van der Waals surface area contributed by atoms with Crippen molar-refractivity contribution in [2.45, 2.75) is 153 Å². The van der Waals surface area contributed by atoms with Crippen LogP contribution in [-0.2, 0) is 18.9 Å². The van der Waals surface area contributed by atoms with Crippen LogP contribution in [0.4, 0.5) is 0 Å². The Morgan fingerprint density at radius 3 is 1.51 bits per heavy atom. The summed E-state index contributed by atoms with van der Waals surface area (Å²) in [6.45, 7) is 27.1. The molecule has 12 atom stereocenters. The summed E-state index contributed by atoms with van der Waals surface area (Å²) in [5.74, 6) is 1.03. The van der Waals surface area contributed by atoms with E-state index in [0.717, 1.165) is 51.4 Å². The van der Waals surface area contributed by atoms with E-state index >= 15 is 0 Å². The number of hydrogen-bond acceptors (Lipinski definition) is 4. The summed E-state index contributed by atoms with van der Waals surface area (Å²) in [5, 5.41) is 0. The van der Waals surface area contributed by atoms with Crippen molar-refractivity contribution >= 4 is 24.0 Å². The van der Waals surface area contributed by atoms with Crippen LogP contribution in [0.2, 0.25) is 0 Å². The standard InChI is InChI=1S/2C16H23NO2.HI/c2*1-10-8-16-9-14(12(10)3)18-15(16)6-5-13(19-16)7-11(2)17-4;/h2*8,11-15H,5-7,9H2,1-3H3;1H/t11?,12?,13-,14-,15+,16+;11-,12?,13-,14-,15+,16+;/m11./s1. The van der Waals surface area contributed by atoms with E-state index in [1.54, 1.807) is 0 Å². The second-order valence-corrected chi connectivity index (χ2v) is 13.1. The molecule has 6 nitrogen and oxygen atoms in total. The Kier molecular flexibility index (Phi) is 9.61. The summed E-state index contributed by atoms with van der Waals surface area (Å²) in [6, 6.07) is 0.118. The SMILES string of the molecule is I.[C-]#[N+]C(C)C[C@H]1CC[C@@H]2O[C@@H]3C[C@]2(C=C(C)C3C)O1.[C-]#[N+][C@H](C)C[C@H]1CC[C@@H]2O[C@@H]3C[C@]2(C=C(C)C3C)O1. The van der Waals surface area contributed by atoms with Gasteiger partial charge in [-0.25, -0.2) is 13.1 Å². The summed E-state index contributed by atoms with van der Waals surface area (Å²) < 4.78 is 25.2. The second-order valence-electron chi connectivity index (χ2n) is 13.1. The first-order chi connectivity index (χ1) is 18.1. The monoisotopic (exact) mass is 650 g/mol. The maximum absolute atomic E-state index is 7.10. The lowest BCUT2D eigenvalue weighted by atomic mass is 9.77. The third kappa shape index (κ3) is 6.00. The van der Waals surface area contributed by atoms with Crippen molar-refractivity contribution in [3.8, 4) is 0 Å². The van der Waals surface area contributed by atoms with Crippen molar-refractivity contribution < 1.29 is 18.9 Å². The third-order valence-electron chi connectivity index (χ3n) is 10.2. The van der Waals surface area contributed by atoms with E-state index in [9.17, 15) is 0 Å². The molecule has 0 aromatic rings. The van der Waals surface area contributed by atoms with Gasteiger partial charge in [-0.05, 0) is 39.5 Å². The van der Waals surface area contributed by atoms with Gasteiger partial charge in [-0.3, -0.25) is 0 Å². The number of ether oxygens (including phenoxy) is 4. The minimum absolute atomic E-state index is 0. The molecule has 7 heteroatoms. The number of halogens is 1. The summed E-state index contributed by atoms with van der Waals surface area (Å²) in [4.78, 5) is 7.19. The molecule has 0 aromatic heterocycles. The van der Waals surface area contributed by atoms with Crippen LogP contribution < -0.4 is 0 Å². The summed E-state index contributed by atoms with van der Waals surface area (Å²) >= 11 is 0. The predicted octanol–water partition coefficient (Wildman–Crippen LogP) is 7.33. The first-order valence-electron chi connectivity index (χ1n) is 14.9. The van der Waals surface area contributed by atoms with Crippen molar-refractivity contribution in [1.29, 1.82) is 0 Å². The summed E-state index contributed by atoms with van der Waals surface area (Å²) in [7, 11) is 0. The maximum Gasteiger partial charge on any atom is 0.223 e. The first-order valence-corrected chi connectivity index (χ1v) is 14.9. The van der Waals surface area contributed by atoms with Crippen LogP contribution in [-0.4, -0.2) is 59.9 Å². The maximum atomic E-state index is 7.10. The van der Waals surface area contributed by atoms with Crippen LogP contribution in [0.5, 0.6) is 0 Å². The lowest BCUT2D eigenvalue weighted by molar-refractivity contribution is -0.141. The zero-order valence-corrected chi connectivity index (χ0v) is 26.9. The molecule has 4 heterocycles. The Bertz CT molecular complexity index is 966. The Morgan fingerprint density at radius 2 is 1.15 bits per heavy atom. The van der Waals surface area contributed by atoms with Gasteiger partial charge in [-0.15, -0.1) is 24.0 Å². The molecule has 0 aromatic carbocycles. The van der Waals surface area contributed by atoms with Crippen LogP contribution in [0.3, 0.4) is 0 Å². The van der Waals surface area contributed by atoms with E-state index in [1.807, 2.05) is 13.8 Å². The highest BCUT2D eigenvalue weighted by Gasteiger charge is 2.56. The highest BCUT2D eigenvalue weighted by molar-refractivity contribution is 14.0. The lowest BCUT2D eigenvalue weighted by Crippen LogP contribution is -2.48. The molecule has 3 unspecified atom stereocenters. The van der Waals surface area contributed by atoms with Crippen molar-refractivity contribution in [3.05, 3.63) is 46.1 Å². The first kappa shape index (κ1) is 31.0. The second kappa shape index (κ2) is 12.1. The van der Waals surface area contributed by atoms with Gasteiger partial charge in [0.1, 0.15) is 11.2 Å². The molecule has 0 amide bonds. The molecule has 4 bridgehead atoms. The van der Waals surface area contributed by atoms with E-state index in [-0.39, 0.29) is 71.7 Å². The summed E-state index contributed by atoms with van der Waals surface area (Å²) in [5.41, 5.74) is 2.42. The van der Waals surface area contributed by atoms with Gasteiger partial charge >= 0.3 is 0 Å². The molecule has 0 radical (unpaired) electrons. The fraction of sp³-hybridized carbons (Fsp3) is 0.812. The number of fused-ring (bicyclic) bond motifs is 2. The molecule has 2 spiro atoms. The predicted molar refractivity (Wildman–Crippen MR) is 163 cm³/mol. The van der Waals surface area contributed by atoms with Gasteiger partial charge < -0.3 is 28.6 Å². The molecule has 6 aliphatic rings. The highest BCUT2D eigenvalue weighted by Crippen LogP contribution is 2.51. The van der Waals surface area contributed by atoms with Gasteiger partial charge in [0.05, 0.1) is 36.6 Å². The topological polar surface area (TPSA) is 45.6 Å². The Balaban J connectivity index is 0.000000176. The van der Waals surface area contributed by atoms with E-state index in [1.165, 1.54) is 11.1 Å². The van der Waals surface area contributed by atoms with Crippen LogP contribution in [0.15, 0.2) is 23.3 Å². The van der Waals surface area contributed by atoms with Gasteiger partial charge in [-0.1, -0.05) is 37.1 Å². The average Bonchev–Trinajstić information content (AvgIpc) is 3.39. The van der Waals surface area contributed by atoms with Gasteiger partial charge in [0.2, 0.25) is 12.1 Å². The molecule has 4 aliphatic heterocycles. The lowest BCUT2D eigenvalue weighted by Gasteiger charge is -2.41. The van der Waals surface area contributed by atoms with Gasteiger partial charge in [0.15, 0.2) is 0 Å². The summed E-state index contributed by atoms with van der Waals surface area (Å²) in [6.07, 6.45) is 14.1. The van der Waals surface area contributed by atoms with Crippen LogP contribution in [0, 0.1) is 25.0 Å². The van der Waals surface area contributed by atoms with Gasteiger partial charge in [0, 0.05) is 51.4 Å². The van der Waals surface area contributed by atoms with Crippen LogP contribution >= 0.6 is 24.0 Å². The zero-order chi connectivity index (χ0) is 27.2. The Morgan fingerprint density at radius 1 is 0.769 bits per heavy atom.